The second kappa shape index (κ2) is 12.8. The SMILES string of the molecule is CCC(CC)C(CNC(=NC)NCCCNC(=O)OC(C)(C)C)N(C)C. The average molecular weight is 372 g/mol. The zero-order valence-corrected chi connectivity index (χ0v) is 18.1. The first kappa shape index (κ1) is 24.5. The number of likely N-dealkylation sites (N-methyl/N-ethyl adjacent to an activating group) is 1. The lowest BCUT2D eigenvalue weighted by Gasteiger charge is -2.32. The van der Waals surface area contributed by atoms with E-state index in [-0.39, 0.29) is 6.09 Å². The summed E-state index contributed by atoms with van der Waals surface area (Å²) in [6.07, 6.45) is 2.76. The van der Waals surface area contributed by atoms with Gasteiger partial charge in [-0.05, 0) is 47.2 Å². The van der Waals surface area contributed by atoms with Gasteiger partial charge in [0, 0.05) is 32.7 Å². The third-order valence-electron chi connectivity index (χ3n) is 4.27. The predicted molar refractivity (Wildman–Crippen MR) is 110 cm³/mol. The summed E-state index contributed by atoms with van der Waals surface area (Å²) in [6.45, 7) is 12.2. The van der Waals surface area contributed by atoms with Crippen molar-refractivity contribution in [1.82, 2.24) is 20.9 Å². The normalized spacial score (nSPS) is 13.7. The predicted octanol–water partition coefficient (Wildman–Crippen LogP) is 2.43. The van der Waals surface area contributed by atoms with Crippen LogP contribution in [0, 0.1) is 5.92 Å². The van der Waals surface area contributed by atoms with Crippen LogP contribution in [-0.2, 0) is 4.74 Å². The fourth-order valence-corrected chi connectivity index (χ4v) is 2.83. The minimum absolute atomic E-state index is 0.376. The van der Waals surface area contributed by atoms with Gasteiger partial charge in [0.25, 0.3) is 0 Å². The first-order valence-corrected chi connectivity index (χ1v) is 9.72. The van der Waals surface area contributed by atoms with Gasteiger partial charge < -0.3 is 25.6 Å². The molecule has 0 bridgehead atoms. The van der Waals surface area contributed by atoms with Gasteiger partial charge in [0.1, 0.15) is 5.60 Å². The summed E-state index contributed by atoms with van der Waals surface area (Å²) in [5, 5.41) is 9.46. The molecule has 154 valence electrons. The fraction of sp³-hybridized carbons (Fsp3) is 0.895. The van der Waals surface area contributed by atoms with E-state index in [0.29, 0.717) is 18.5 Å². The van der Waals surface area contributed by atoms with Crippen molar-refractivity contribution in [2.75, 3.05) is 40.8 Å². The van der Waals surface area contributed by atoms with Crippen LogP contribution < -0.4 is 16.0 Å². The molecule has 26 heavy (non-hydrogen) atoms. The lowest BCUT2D eigenvalue weighted by molar-refractivity contribution is 0.0527. The summed E-state index contributed by atoms with van der Waals surface area (Å²) in [5.74, 6) is 1.45. The van der Waals surface area contributed by atoms with E-state index in [1.165, 1.54) is 12.8 Å². The summed E-state index contributed by atoms with van der Waals surface area (Å²) in [7, 11) is 6.03. The number of aliphatic imine (C=N–C) groups is 1. The summed E-state index contributed by atoms with van der Waals surface area (Å²) in [5.41, 5.74) is -0.466. The Bertz CT molecular complexity index is 415. The first-order valence-electron chi connectivity index (χ1n) is 9.72. The number of guanidine groups is 1. The van der Waals surface area contributed by atoms with Crippen molar-refractivity contribution in [3.63, 3.8) is 0 Å². The minimum atomic E-state index is -0.466. The van der Waals surface area contributed by atoms with Gasteiger partial charge >= 0.3 is 6.09 Å². The Hall–Kier alpha value is -1.50. The van der Waals surface area contributed by atoms with Crippen LogP contribution in [0.5, 0.6) is 0 Å². The van der Waals surface area contributed by atoms with E-state index in [1.807, 2.05) is 20.8 Å². The van der Waals surface area contributed by atoms with E-state index in [2.05, 4.69) is 53.8 Å². The summed E-state index contributed by atoms with van der Waals surface area (Å²) in [4.78, 5) is 18.1. The molecule has 0 radical (unpaired) electrons. The summed E-state index contributed by atoms with van der Waals surface area (Å²) >= 11 is 0. The monoisotopic (exact) mass is 371 g/mol. The van der Waals surface area contributed by atoms with Crippen LogP contribution in [0.25, 0.3) is 0 Å². The maximum Gasteiger partial charge on any atom is 0.407 e. The van der Waals surface area contributed by atoms with Crippen molar-refractivity contribution in [1.29, 1.82) is 0 Å². The van der Waals surface area contributed by atoms with Crippen LogP contribution in [0.4, 0.5) is 4.79 Å². The number of ether oxygens (including phenoxy) is 1. The second-order valence-electron chi connectivity index (χ2n) is 7.77. The molecule has 3 N–H and O–H groups in total. The molecule has 1 atom stereocenters. The van der Waals surface area contributed by atoms with Gasteiger partial charge in [-0.15, -0.1) is 0 Å². The third-order valence-corrected chi connectivity index (χ3v) is 4.27. The van der Waals surface area contributed by atoms with Crippen molar-refractivity contribution < 1.29 is 9.53 Å². The summed E-state index contributed by atoms with van der Waals surface area (Å²) < 4.78 is 5.21. The molecule has 0 spiro atoms. The number of hydrogen-bond acceptors (Lipinski definition) is 4. The van der Waals surface area contributed by atoms with E-state index in [0.717, 1.165) is 25.5 Å². The number of amides is 1. The van der Waals surface area contributed by atoms with Gasteiger partial charge in [-0.3, -0.25) is 4.99 Å². The Morgan fingerprint density at radius 1 is 1.08 bits per heavy atom. The zero-order valence-electron chi connectivity index (χ0n) is 18.1. The topological polar surface area (TPSA) is 78.0 Å². The molecule has 0 aromatic heterocycles. The maximum absolute atomic E-state index is 11.6. The highest BCUT2D eigenvalue weighted by Crippen LogP contribution is 2.16. The number of carbonyl (C=O) groups excluding carboxylic acids is 1. The third kappa shape index (κ3) is 11.2. The van der Waals surface area contributed by atoms with Crippen LogP contribution in [-0.4, -0.2) is 69.4 Å². The molecule has 0 aliphatic rings. The highest BCUT2D eigenvalue weighted by Gasteiger charge is 2.20. The Morgan fingerprint density at radius 2 is 1.65 bits per heavy atom. The standard InChI is InChI=1S/C19H41N5O2/c1-9-15(10-2)16(24(7)8)14-23-17(20-6)21-12-11-13-22-18(25)26-19(3,4)5/h15-16H,9-14H2,1-8H3,(H,22,25)(H2,20,21,23). The lowest BCUT2D eigenvalue weighted by atomic mass is 9.93. The molecule has 7 nitrogen and oxygen atoms in total. The number of hydrogen-bond donors (Lipinski definition) is 3. The molecular weight excluding hydrogens is 330 g/mol. The quantitative estimate of drug-likeness (QED) is 0.312. The smallest absolute Gasteiger partial charge is 0.407 e. The Kier molecular flexibility index (Phi) is 12.1. The van der Waals surface area contributed by atoms with Gasteiger partial charge in [0.05, 0.1) is 0 Å². The average Bonchev–Trinajstić information content (AvgIpc) is 2.54. The molecule has 0 saturated carbocycles. The van der Waals surface area contributed by atoms with Crippen molar-refractivity contribution in [3.8, 4) is 0 Å². The Morgan fingerprint density at radius 3 is 2.12 bits per heavy atom. The van der Waals surface area contributed by atoms with E-state index in [4.69, 9.17) is 4.74 Å². The number of alkyl carbamates (subject to hydrolysis) is 1. The van der Waals surface area contributed by atoms with Crippen LogP contribution in [0.2, 0.25) is 0 Å². The highest BCUT2D eigenvalue weighted by molar-refractivity contribution is 5.79. The van der Waals surface area contributed by atoms with Gasteiger partial charge in [0.15, 0.2) is 5.96 Å². The maximum atomic E-state index is 11.6. The van der Waals surface area contributed by atoms with Gasteiger partial charge in [-0.1, -0.05) is 26.7 Å². The molecule has 0 rings (SSSR count). The second-order valence-corrected chi connectivity index (χ2v) is 7.77. The van der Waals surface area contributed by atoms with Crippen molar-refractivity contribution in [3.05, 3.63) is 0 Å². The van der Waals surface area contributed by atoms with E-state index in [1.54, 1.807) is 7.05 Å². The highest BCUT2D eigenvalue weighted by atomic mass is 16.6. The molecule has 1 unspecified atom stereocenters. The molecular formula is C19H41N5O2. The summed E-state index contributed by atoms with van der Waals surface area (Å²) in [6, 6.07) is 0.470. The Labute approximate surface area is 160 Å². The van der Waals surface area contributed by atoms with Gasteiger partial charge in [-0.2, -0.15) is 0 Å². The molecule has 0 heterocycles. The van der Waals surface area contributed by atoms with Gasteiger partial charge in [-0.25, -0.2) is 4.79 Å². The van der Waals surface area contributed by atoms with Crippen molar-refractivity contribution in [2.45, 2.75) is 65.5 Å². The largest absolute Gasteiger partial charge is 0.444 e. The molecule has 0 aromatic carbocycles. The van der Waals surface area contributed by atoms with E-state index < -0.39 is 5.60 Å². The van der Waals surface area contributed by atoms with Crippen molar-refractivity contribution >= 4 is 12.1 Å². The molecule has 1 amide bonds. The zero-order chi connectivity index (χ0) is 20.2. The molecule has 0 saturated heterocycles. The van der Waals surface area contributed by atoms with Crippen LogP contribution in [0.15, 0.2) is 4.99 Å². The lowest BCUT2D eigenvalue weighted by Crippen LogP contribution is -2.48. The number of nitrogens with one attached hydrogen (secondary N) is 3. The van der Waals surface area contributed by atoms with Crippen LogP contribution in [0.1, 0.15) is 53.9 Å². The first-order chi connectivity index (χ1) is 12.1. The molecule has 0 aliphatic heterocycles. The fourth-order valence-electron chi connectivity index (χ4n) is 2.83. The molecule has 0 aromatic rings. The number of rotatable bonds is 10. The molecule has 0 aliphatic carbocycles. The minimum Gasteiger partial charge on any atom is -0.444 e. The van der Waals surface area contributed by atoms with Crippen LogP contribution >= 0.6 is 0 Å². The number of carbonyl (C=O) groups is 1. The number of nitrogens with zero attached hydrogens (tertiary/aromatic N) is 2. The van der Waals surface area contributed by atoms with E-state index >= 15 is 0 Å². The molecule has 0 fully saturated rings. The van der Waals surface area contributed by atoms with Crippen LogP contribution in [0.3, 0.4) is 0 Å². The van der Waals surface area contributed by atoms with E-state index in [9.17, 15) is 4.79 Å². The van der Waals surface area contributed by atoms with Crippen molar-refractivity contribution in [2.24, 2.45) is 10.9 Å². The van der Waals surface area contributed by atoms with Gasteiger partial charge in [0.2, 0.25) is 0 Å². The Balaban J connectivity index is 4.15. The molecule has 7 heteroatoms.